The van der Waals surface area contributed by atoms with Crippen molar-refractivity contribution in [2.75, 3.05) is 25.0 Å². The summed E-state index contributed by atoms with van der Waals surface area (Å²) < 4.78 is 45.8. The number of aromatic nitrogens is 2. The lowest BCUT2D eigenvalue weighted by atomic mass is 9.85. The minimum absolute atomic E-state index is 0.00793. The van der Waals surface area contributed by atoms with E-state index in [-0.39, 0.29) is 48.9 Å². The van der Waals surface area contributed by atoms with Crippen LogP contribution in [0.25, 0.3) is 22.3 Å². The van der Waals surface area contributed by atoms with Crippen molar-refractivity contribution in [2.45, 2.75) is 109 Å². The molecule has 3 aromatic rings. The predicted octanol–water partition coefficient (Wildman–Crippen LogP) is 5.98. The van der Waals surface area contributed by atoms with Gasteiger partial charge in [-0.2, -0.15) is 0 Å². The number of hydrogen-bond acceptors (Lipinski definition) is 11. The SMILES string of the molecule is CC(C)Nc1nc(-c2cc(OC3C[C@@H](C(N)=O)N(C(=O)[C@@H](NC(=O)O[C@@H]4C[C@@H]5C[C@@H]5C4)C(C)(C)C)C3)c3ccc(OC[C@@H]4CC(F)(F)CN4)c(Cl)c3n2)cs1. The van der Waals surface area contributed by atoms with Gasteiger partial charge >= 0.3 is 6.09 Å². The highest BCUT2D eigenvalue weighted by molar-refractivity contribution is 7.14. The standard InChI is InChI=1S/C38H48ClF2N7O6S/c1-18(2)44-35-46-26(16-55-35)25-12-29(24-6-7-28(30(39)31(24)45-25)52-15-21-13-38(40,41)17-43-21)53-23-11-27(33(42)49)48(14-23)34(50)32(37(3,4)5)47-36(51)54-22-9-19-8-20(19)10-22/h6-7,12,16,18-23,27,32,43H,8-11,13-15,17H2,1-5H3,(H2,42,49)(H,44,46)(H,47,51)/t19-,20+,21-,22+,23?,27-,32+/m0/s1. The maximum atomic E-state index is 14.2. The van der Waals surface area contributed by atoms with E-state index in [2.05, 4.69) is 16.0 Å². The summed E-state index contributed by atoms with van der Waals surface area (Å²) in [6.45, 7) is 9.07. The minimum atomic E-state index is -2.81. The molecule has 1 unspecified atom stereocenters. The van der Waals surface area contributed by atoms with Crippen LogP contribution in [0.2, 0.25) is 5.02 Å². The second kappa shape index (κ2) is 15.1. The molecule has 7 rings (SSSR count). The van der Waals surface area contributed by atoms with Crippen LogP contribution in [0.1, 0.15) is 66.7 Å². The molecule has 2 saturated carbocycles. The summed E-state index contributed by atoms with van der Waals surface area (Å²) in [6.07, 6.45) is 1.09. The third-order valence-electron chi connectivity index (χ3n) is 10.7. The molecule has 17 heteroatoms. The summed E-state index contributed by atoms with van der Waals surface area (Å²) in [6, 6.07) is 2.66. The largest absolute Gasteiger partial charge is 0.490 e. The first-order valence-electron chi connectivity index (χ1n) is 18.8. The number of nitrogens with two attached hydrogens (primary N) is 1. The summed E-state index contributed by atoms with van der Waals surface area (Å²) in [5, 5.41) is 12.1. The molecule has 2 saturated heterocycles. The number of benzene rings is 1. The van der Waals surface area contributed by atoms with Gasteiger partial charge in [-0.25, -0.2) is 23.5 Å². The monoisotopic (exact) mass is 803 g/mol. The number of hydrogen-bond donors (Lipinski definition) is 4. The van der Waals surface area contributed by atoms with E-state index in [0.29, 0.717) is 45.0 Å². The Kier molecular flexibility index (Phi) is 10.8. The van der Waals surface area contributed by atoms with Gasteiger partial charge in [0.2, 0.25) is 11.8 Å². The molecular formula is C38H48ClF2N7O6S. The van der Waals surface area contributed by atoms with Gasteiger partial charge in [-0.3, -0.25) is 9.59 Å². The van der Waals surface area contributed by atoms with Crippen LogP contribution in [0, 0.1) is 17.3 Å². The number of amides is 3. The van der Waals surface area contributed by atoms with Crippen molar-refractivity contribution in [2.24, 2.45) is 23.0 Å². The molecule has 0 bridgehead atoms. The Labute approximate surface area is 327 Å². The lowest BCUT2D eigenvalue weighted by molar-refractivity contribution is -0.141. The van der Waals surface area contributed by atoms with Crippen LogP contribution >= 0.6 is 22.9 Å². The molecule has 2 aromatic heterocycles. The van der Waals surface area contributed by atoms with E-state index in [1.165, 1.54) is 22.7 Å². The van der Waals surface area contributed by atoms with E-state index in [1.807, 2.05) is 40.0 Å². The number of pyridine rings is 1. The summed E-state index contributed by atoms with van der Waals surface area (Å²) >= 11 is 8.32. The normalized spacial score (nSPS) is 26.2. The Bertz CT molecular complexity index is 1950. The molecule has 7 atom stereocenters. The van der Waals surface area contributed by atoms with E-state index in [4.69, 9.17) is 41.5 Å². The molecule has 55 heavy (non-hydrogen) atoms. The fourth-order valence-electron chi connectivity index (χ4n) is 7.81. The number of likely N-dealkylation sites (tertiary alicyclic amines) is 1. The van der Waals surface area contributed by atoms with Gasteiger partial charge in [-0.1, -0.05) is 32.4 Å². The van der Waals surface area contributed by atoms with Crippen LogP contribution in [-0.2, 0) is 14.3 Å². The number of thiazole rings is 1. The number of ether oxygens (including phenoxy) is 3. The molecule has 2 aliphatic heterocycles. The highest BCUT2D eigenvalue weighted by Gasteiger charge is 2.49. The number of alkyl halides is 2. The van der Waals surface area contributed by atoms with Crippen molar-refractivity contribution in [3.8, 4) is 22.9 Å². The fourth-order valence-corrected chi connectivity index (χ4v) is 8.92. The van der Waals surface area contributed by atoms with Gasteiger partial charge in [-0.15, -0.1) is 11.3 Å². The van der Waals surface area contributed by atoms with Gasteiger partial charge in [-0.05, 0) is 62.5 Å². The second-order valence-corrected chi connectivity index (χ2v) is 17.9. The summed E-state index contributed by atoms with van der Waals surface area (Å²) in [7, 11) is 0. The quantitative estimate of drug-likeness (QED) is 0.171. The average Bonchev–Trinajstić information content (AvgIpc) is 3.54. The first kappa shape index (κ1) is 39.2. The summed E-state index contributed by atoms with van der Waals surface area (Å²) in [5.74, 6) is -2.11. The Hall–Kier alpha value is -4.02. The Balaban J connectivity index is 1.14. The van der Waals surface area contributed by atoms with Gasteiger partial charge in [0.15, 0.2) is 5.13 Å². The molecular weight excluding hydrogens is 756 g/mol. The van der Waals surface area contributed by atoms with Crippen LogP contribution in [0.3, 0.4) is 0 Å². The smallest absolute Gasteiger partial charge is 0.408 e. The van der Waals surface area contributed by atoms with Crippen molar-refractivity contribution in [1.29, 1.82) is 0 Å². The van der Waals surface area contributed by atoms with E-state index in [9.17, 15) is 23.2 Å². The highest BCUT2D eigenvalue weighted by Crippen LogP contribution is 2.52. The predicted molar refractivity (Wildman–Crippen MR) is 205 cm³/mol. The number of anilines is 1. The molecule has 4 heterocycles. The van der Waals surface area contributed by atoms with Crippen molar-refractivity contribution in [3.05, 3.63) is 28.6 Å². The van der Waals surface area contributed by atoms with Gasteiger partial charge in [0.05, 0.1) is 24.3 Å². The van der Waals surface area contributed by atoms with Gasteiger partial charge in [0, 0.05) is 41.8 Å². The molecule has 2 aliphatic carbocycles. The number of nitrogens with one attached hydrogen (secondary N) is 3. The summed E-state index contributed by atoms with van der Waals surface area (Å²) in [5.41, 5.74) is 6.47. The molecule has 4 fully saturated rings. The number of halogens is 3. The molecule has 1 aromatic carbocycles. The first-order valence-corrected chi connectivity index (χ1v) is 20.0. The van der Waals surface area contributed by atoms with E-state index < -0.39 is 60.0 Å². The third kappa shape index (κ3) is 8.86. The maximum absolute atomic E-state index is 14.2. The average molecular weight is 804 g/mol. The fraction of sp³-hybridized carbons (Fsp3) is 0.605. The Morgan fingerprint density at radius 3 is 2.49 bits per heavy atom. The summed E-state index contributed by atoms with van der Waals surface area (Å²) in [4.78, 5) is 51.0. The van der Waals surface area contributed by atoms with Crippen LogP contribution in [0.5, 0.6) is 11.5 Å². The lowest BCUT2D eigenvalue weighted by Crippen LogP contribution is -2.57. The van der Waals surface area contributed by atoms with Gasteiger partial charge < -0.3 is 40.8 Å². The van der Waals surface area contributed by atoms with E-state index in [1.54, 1.807) is 18.2 Å². The number of nitrogens with zero attached hydrogens (tertiary/aromatic N) is 3. The molecule has 4 aliphatic rings. The molecule has 0 radical (unpaired) electrons. The van der Waals surface area contributed by atoms with Gasteiger partial charge in [0.25, 0.3) is 5.92 Å². The number of carbonyl (C=O) groups excluding carboxylic acids is 3. The Morgan fingerprint density at radius 1 is 1.09 bits per heavy atom. The minimum Gasteiger partial charge on any atom is -0.490 e. The molecule has 298 valence electrons. The molecule has 13 nitrogen and oxygen atoms in total. The zero-order valence-corrected chi connectivity index (χ0v) is 33.1. The van der Waals surface area contributed by atoms with Crippen LogP contribution < -0.4 is 31.2 Å². The number of rotatable bonds is 12. The van der Waals surface area contributed by atoms with Crippen LogP contribution in [-0.4, -0.2) is 94.8 Å². The topological polar surface area (TPSA) is 170 Å². The number of carbonyl (C=O) groups is 3. The van der Waals surface area contributed by atoms with Crippen molar-refractivity contribution in [3.63, 3.8) is 0 Å². The van der Waals surface area contributed by atoms with Crippen LogP contribution in [0.15, 0.2) is 23.6 Å². The van der Waals surface area contributed by atoms with Crippen LogP contribution in [0.4, 0.5) is 18.7 Å². The van der Waals surface area contributed by atoms with Crippen molar-refractivity contribution >= 4 is 56.9 Å². The van der Waals surface area contributed by atoms with E-state index in [0.717, 1.165) is 12.8 Å². The first-order chi connectivity index (χ1) is 25.9. The lowest BCUT2D eigenvalue weighted by Gasteiger charge is -2.35. The zero-order chi connectivity index (χ0) is 39.4. The Morgan fingerprint density at radius 2 is 1.84 bits per heavy atom. The third-order valence-corrected chi connectivity index (χ3v) is 11.8. The number of alkyl carbamates (subject to hydrolysis) is 1. The van der Waals surface area contributed by atoms with Crippen molar-refractivity contribution < 1.29 is 37.4 Å². The number of fused-ring (bicyclic) bond motifs is 2. The van der Waals surface area contributed by atoms with Gasteiger partial charge in [0.1, 0.15) is 53.1 Å². The molecule has 5 N–H and O–H groups in total. The van der Waals surface area contributed by atoms with E-state index >= 15 is 0 Å². The molecule has 3 amide bonds. The molecule has 0 spiro atoms. The zero-order valence-electron chi connectivity index (χ0n) is 31.5. The number of primary amides is 1. The highest BCUT2D eigenvalue weighted by atomic mass is 35.5. The maximum Gasteiger partial charge on any atom is 0.408 e. The second-order valence-electron chi connectivity index (χ2n) is 16.6. The van der Waals surface area contributed by atoms with Crippen molar-refractivity contribution in [1.82, 2.24) is 25.5 Å².